The number of aromatic hydroxyl groups is 1. The second kappa shape index (κ2) is 4.70. The maximum atomic E-state index is 11.1. The zero-order valence-electron chi connectivity index (χ0n) is 10.6. The molecule has 0 amide bonds. The van der Waals surface area contributed by atoms with E-state index in [-0.39, 0.29) is 11.3 Å². The molecule has 20 heavy (non-hydrogen) atoms. The standard InChI is InChI=1S/C17H12O3/c18-16-7-2-1-5-14(16)13-6-3-4-11-8-9-12(17(19)20)10-15(11)13/h1-10,18H,(H,19,20). The van der Waals surface area contributed by atoms with Crippen LogP contribution in [0.5, 0.6) is 5.75 Å². The number of carboxylic acids is 1. The fourth-order valence-electron chi connectivity index (χ4n) is 2.34. The van der Waals surface area contributed by atoms with Gasteiger partial charge in [-0.15, -0.1) is 0 Å². The van der Waals surface area contributed by atoms with Gasteiger partial charge in [0.05, 0.1) is 5.56 Å². The molecule has 3 rings (SSSR count). The van der Waals surface area contributed by atoms with E-state index in [1.165, 1.54) is 0 Å². The highest BCUT2D eigenvalue weighted by atomic mass is 16.4. The van der Waals surface area contributed by atoms with Gasteiger partial charge >= 0.3 is 5.97 Å². The molecule has 98 valence electrons. The molecule has 0 spiro atoms. The van der Waals surface area contributed by atoms with Gasteiger partial charge in [0.2, 0.25) is 0 Å². The Bertz CT molecular complexity index is 806. The minimum absolute atomic E-state index is 0.181. The number of fused-ring (bicyclic) bond motifs is 1. The first kappa shape index (κ1) is 12.2. The predicted octanol–water partition coefficient (Wildman–Crippen LogP) is 3.91. The fourth-order valence-corrected chi connectivity index (χ4v) is 2.34. The first-order valence-corrected chi connectivity index (χ1v) is 6.21. The lowest BCUT2D eigenvalue weighted by Crippen LogP contribution is -1.95. The topological polar surface area (TPSA) is 57.5 Å². The van der Waals surface area contributed by atoms with Crippen molar-refractivity contribution in [2.75, 3.05) is 0 Å². The molecule has 0 saturated carbocycles. The van der Waals surface area contributed by atoms with Crippen molar-refractivity contribution in [3.63, 3.8) is 0 Å². The number of carbonyl (C=O) groups is 1. The third-order valence-electron chi connectivity index (χ3n) is 3.32. The molecule has 0 bridgehead atoms. The van der Waals surface area contributed by atoms with Crippen LogP contribution in [-0.2, 0) is 0 Å². The van der Waals surface area contributed by atoms with Gasteiger partial charge in [0, 0.05) is 5.56 Å². The van der Waals surface area contributed by atoms with Crippen molar-refractivity contribution in [2.45, 2.75) is 0 Å². The van der Waals surface area contributed by atoms with Gasteiger partial charge in [-0.2, -0.15) is 0 Å². The van der Waals surface area contributed by atoms with Gasteiger partial charge in [0.15, 0.2) is 0 Å². The average molecular weight is 264 g/mol. The molecule has 0 aliphatic carbocycles. The van der Waals surface area contributed by atoms with Crippen molar-refractivity contribution >= 4 is 16.7 Å². The summed E-state index contributed by atoms with van der Waals surface area (Å²) in [7, 11) is 0. The highest BCUT2D eigenvalue weighted by molar-refractivity contribution is 6.02. The Balaban J connectivity index is 2.33. The molecule has 0 fully saturated rings. The molecule has 0 saturated heterocycles. The van der Waals surface area contributed by atoms with Crippen molar-refractivity contribution in [2.24, 2.45) is 0 Å². The van der Waals surface area contributed by atoms with E-state index in [1.807, 2.05) is 30.3 Å². The van der Waals surface area contributed by atoms with Crippen LogP contribution < -0.4 is 0 Å². The summed E-state index contributed by atoms with van der Waals surface area (Å²) in [6.07, 6.45) is 0. The molecule has 0 unspecified atom stereocenters. The van der Waals surface area contributed by atoms with Gasteiger partial charge in [0.1, 0.15) is 5.75 Å². The third-order valence-corrected chi connectivity index (χ3v) is 3.32. The summed E-state index contributed by atoms with van der Waals surface area (Å²) in [5, 5.41) is 20.9. The summed E-state index contributed by atoms with van der Waals surface area (Å²) in [5.41, 5.74) is 1.75. The molecule has 0 radical (unpaired) electrons. The Morgan fingerprint density at radius 3 is 2.35 bits per heavy atom. The van der Waals surface area contributed by atoms with Gasteiger partial charge in [-0.1, -0.05) is 42.5 Å². The highest BCUT2D eigenvalue weighted by Gasteiger charge is 2.10. The van der Waals surface area contributed by atoms with Crippen LogP contribution in [0.25, 0.3) is 21.9 Å². The molecule has 0 atom stereocenters. The summed E-state index contributed by atoms with van der Waals surface area (Å²) in [6, 6.07) is 17.7. The van der Waals surface area contributed by atoms with E-state index in [1.54, 1.807) is 30.3 Å². The first-order chi connectivity index (χ1) is 9.66. The second-order valence-corrected chi connectivity index (χ2v) is 4.56. The molecule has 3 heteroatoms. The Morgan fingerprint density at radius 2 is 1.60 bits per heavy atom. The number of rotatable bonds is 2. The van der Waals surface area contributed by atoms with Crippen LogP contribution in [0, 0.1) is 0 Å². The maximum Gasteiger partial charge on any atom is 0.335 e. The normalized spacial score (nSPS) is 10.6. The van der Waals surface area contributed by atoms with Gasteiger partial charge in [0.25, 0.3) is 0 Å². The lowest BCUT2D eigenvalue weighted by Gasteiger charge is -2.09. The molecule has 3 aromatic carbocycles. The fraction of sp³-hybridized carbons (Fsp3) is 0. The van der Waals surface area contributed by atoms with Gasteiger partial charge < -0.3 is 10.2 Å². The van der Waals surface area contributed by atoms with Crippen molar-refractivity contribution < 1.29 is 15.0 Å². The molecule has 0 heterocycles. The minimum Gasteiger partial charge on any atom is -0.507 e. The number of phenolic OH excluding ortho intramolecular Hbond substituents is 1. The number of aromatic carboxylic acids is 1. The number of carboxylic acid groups (broad SMARTS) is 1. The van der Waals surface area contributed by atoms with E-state index in [4.69, 9.17) is 5.11 Å². The summed E-state index contributed by atoms with van der Waals surface area (Å²) in [5.74, 6) is -0.778. The van der Waals surface area contributed by atoms with Crippen molar-refractivity contribution in [3.05, 3.63) is 66.2 Å². The summed E-state index contributed by atoms with van der Waals surface area (Å²) in [6.45, 7) is 0. The van der Waals surface area contributed by atoms with Gasteiger partial charge in [-0.05, 0) is 34.5 Å². The van der Waals surface area contributed by atoms with Crippen molar-refractivity contribution in [1.29, 1.82) is 0 Å². The average Bonchev–Trinajstić information content (AvgIpc) is 2.46. The zero-order valence-corrected chi connectivity index (χ0v) is 10.6. The van der Waals surface area contributed by atoms with Crippen LogP contribution in [0.4, 0.5) is 0 Å². The van der Waals surface area contributed by atoms with Crippen LogP contribution >= 0.6 is 0 Å². The quantitative estimate of drug-likeness (QED) is 0.737. The third kappa shape index (κ3) is 1.99. The molecule has 3 nitrogen and oxygen atoms in total. The summed E-state index contributed by atoms with van der Waals surface area (Å²) < 4.78 is 0. The molecular formula is C17H12O3. The Labute approximate surface area is 115 Å². The van der Waals surface area contributed by atoms with E-state index < -0.39 is 5.97 Å². The zero-order chi connectivity index (χ0) is 14.1. The summed E-state index contributed by atoms with van der Waals surface area (Å²) in [4.78, 5) is 11.1. The first-order valence-electron chi connectivity index (χ1n) is 6.21. The van der Waals surface area contributed by atoms with Gasteiger partial charge in [-0.3, -0.25) is 0 Å². The molecule has 0 aliphatic rings. The minimum atomic E-state index is -0.959. The molecule has 2 N–H and O–H groups in total. The van der Waals surface area contributed by atoms with E-state index in [0.717, 1.165) is 16.3 Å². The largest absolute Gasteiger partial charge is 0.507 e. The molecular weight excluding hydrogens is 252 g/mol. The maximum absolute atomic E-state index is 11.1. The number of para-hydroxylation sites is 1. The van der Waals surface area contributed by atoms with Crippen LogP contribution in [-0.4, -0.2) is 16.2 Å². The molecule has 3 aromatic rings. The second-order valence-electron chi connectivity index (χ2n) is 4.56. The van der Waals surface area contributed by atoms with E-state index in [9.17, 15) is 9.90 Å². The summed E-state index contributed by atoms with van der Waals surface area (Å²) >= 11 is 0. The SMILES string of the molecule is O=C(O)c1ccc2cccc(-c3ccccc3O)c2c1. The number of phenols is 1. The lowest BCUT2D eigenvalue weighted by atomic mass is 9.96. The Kier molecular flexibility index (Phi) is 2.88. The van der Waals surface area contributed by atoms with Crippen LogP contribution in [0.2, 0.25) is 0 Å². The van der Waals surface area contributed by atoms with E-state index >= 15 is 0 Å². The monoisotopic (exact) mass is 264 g/mol. The predicted molar refractivity (Wildman–Crippen MR) is 78.0 cm³/mol. The van der Waals surface area contributed by atoms with Gasteiger partial charge in [-0.25, -0.2) is 4.79 Å². The highest BCUT2D eigenvalue weighted by Crippen LogP contribution is 2.34. The van der Waals surface area contributed by atoms with E-state index in [0.29, 0.717) is 5.56 Å². The van der Waals surface area contributed by atoms with Crippen LogP contribution in [0.3, 0.4) is 0 Å². The number of hydrogen-bond acceptors (Lipinski definition) is 2. The van der Waals surface area contributed by atoms with Crippen LogP contribution in [0.15, 0.2) is 60.7 Å². The smallest absolute Gasteiger partial charge is 0.335 e. The van der Waals surface area contributed by atoms with Crippen LogP contribution in [0.1, 0.15) is 10.4 Å². The molecule has 0 aromatic heterocycles. The van der Waals surface area contributed by atoms with E-state index in [2.05, 4.69) is 0 Å². The number of benzene rings is 3. The Morgan fingerprint density at radius 1 is 0.850 bits per heavy atom. The van der Waals surface area contributed by atoms with Crippen molar-refractivity contribution in [1.82, 2.24) is 0 Å². The Hall–Kier alpha value is -2.81. The lowest BCUT2D eigenvalue weighted by molar-refractivity contribution is 0.0697. The number of hydrogen-bond donors (Lipinski definition) is 2. The molecule has 0 aliphatic heterocycles. The van der Waals surface area contributed by atoms with Crippen molar-refractivity contribution in [3.8, 4) is 16.9 Å².